The van der Waals surface area contributed by atoms with Gasteiger partial charge in [0.15, 0.2) is 11.5 Å². The summed E-state index contributed by atoms with van der Waals surface area (Å²) in [5, 5.41) is 11.2. The summed E-state index contributed by atoms with van der Waals surface area (Å²) in [7, 11) is 1.30. The lowest BCUT2D eigenvalue weighted by Gasteiger charge is -2.13. The van der Waals surface area contributed by atoms with Crippen LogP contribution in [0.1, 0.15) is 23.7 Å². The number of nitriles is 1. The van der Waals surface area contributed by atoms with Gasteiger partial charge in [-0.1, -0.05) is 6.92 Å². The predicted octanol–water partition coefficient (Wildman–Crippen LogP) is 2.33. The number of benzene rings is 1. The van der Waals surface area contributed by atoms with Crippen molar-refractivity contribution in [2.45, 2.75) is 26.0 Å². The van der Waals surface area contributed by atoms with Gasteiger partial charge in [0, 0.05) is 5.56 Å². The molecule has 1 N–H and O–H groups in total. The Labute approximate surface area is 115 Å². The van der Waals surface area contributed by atoms with Crippen LogP contribution in [0.5, 0.6) is 11.5 Å². The fourth-order valence-electron chi connectivity index (χ4n) is 1.47. The van der Waals surface area contributed by atoms with Gasteiger partial charge < -0.3 is 14.8 Å². The molecule has 1 aromatic carbocycles. The van der Waals surface area contributed by atoms with Crippen LogP contribution in [-0.2, 0) is 0 Å². The van der Waals surface area contributed by atoms with E-state index >= 15 is 0 Å². The summed E-state index contributed by atoms with van der Waals surface area (Å²) in [4.78, 5) is 11.9. The first-order valence-electron chi connectivity index (χ1n) is 5.85. The number of amides is 1. The van der Waals surface area contributed by atoms with Gasteiger partial charge in [-0.3, -0.25) is 4.79 Å². The van der Waals surface area contributed by atoms with E-state index in [9.17, 15) is 13.6 Å². The van der Waals surface area contributed by atoms with Crippen LogP contribution in [0.25, 0.3) is 0 Å². The molecular weight excluding hydrogens is 270 g/mol. The van der Waals surface area contributed by atoms with Gasteiger partial charge in [-0.15, -0.1) is 0 Å². The third-order valence-corrected chi connectivity index (χ3v) is 2.51. The molecule has 0 heterocycles. The Morgan fingerprint density at radius 2 is 2.15 bits per heavy atom. The lowest BCUT2D eigenvalue weighted by molar-refractivity contribution is -0.0512. The smallest absolute Gasteiger partial charge is 0.387 e. The molecule has 1 amide bonds. The number of rotatable bonds is 6. The quantitative estimate of drug-likeness (QED) is 0.870. The second-order valence-corrected chi connectivity index (χ2v) is 3.81. The maximum atomic E-state index is 12.3. The molecule has 0 aliphatic carbocycles. The maximum Gasteiger partial charge on any atom is 0.387 e. The summed E-state index contributed by atoms with van der Waals surface area (Å²) in [6.45, 7) is -1.28. The summed E-state index contributed by atoms with van der Waals surface area (Å²) in [5.74, 6) is -0.686. The molecule has 7 heteroatoms. The van der Waals surface area contributed by atoms with Gasteiger partial charge in [-0.05, 0) is 24.6 Å². The fraction of sp³-hybridized carbons (Fsp3) is 0.385. The van der Waals surface area contributed by atoms with Crippen molar-refractivity contribution in [2.75, 3.05) is 7.11 Å². The highest BCUT2D eigenvalue weighted by Crippen LogP contribution is 2.29. The number of hydrogen-bond donors (Lipinski definition) is 1. The van der Waals surface area contributed by atoms with Gasteiger partial charge in [-0.2, -0.15) is 14.0 Å². The summed E-state index contributed by atoms with van der Waals surface area (Å²) in [6.07, 6.45) is 0.443. The van der Waals surface area contributed by atoms with E-state index in [0.717, 1.165) is 6.07 Å². The Morgan fingerprint density at radius 3 is 2.65 bits per heavy atom. The highest BCUT2D eigenvalue weighted by Gasteiger charge is 2.16. The Bertz CT molecular complexity index is 515. The molecule has 20 heavy (non-hydrogen) atoms. The molecule has 0 spiro atoms. The number of carbonyl (C=O) groups excluding carboxylic acids is 1. The third kappa shape index (κ3) is 4.09. The van der Waals surface area contributed by atoms with Crippen LogP contribution in [0.2, 0.25) is 0 Å². The van der Waals surface area contributed by atoms with Crippen molar-refractivity contribution >= 4 is 5.91 Å². The largest absolute Gasteiger partial charge is 0.493 e. The van der Waals surface area contributed by atoms with E-state index in [4.69, 9.17) is 10.00 Å². The number of hydrogen-bond acceptors (Lipinski definition) is 4. The summed E-state index contributed by atoms with van der Waals surface area (Å²) in [5.41, 5.74) is 0.107. The summed E-state index contributed by atoms with van der Waals surface area (Å²) in [6, 6.07) is 5.17. The van der Waals surface area contributed by atoms with Crippen molar-refractivity contribution in [3.63, 3.8) is 0 Å². The van der Waals surface area contributed by atoms with Crippen LogP contribution in [0.3, 0.4) is 0 Å². The summed E-state index contributed by atoms with van der Waals surface area (Å²) >= 11 is 0. The second kappa shape index (κ2) is 7.28. The minimum Gasteiger partial charge on any atom is -0.493 e. The van der Waals surface area contributed by atoms with Crippen molar-refractivity contribution in [3.05, 3.63) is 23.8 Å². The number of alkyl halides is 2. The molecule has 1 rings (SSSR count). The molecule has 1 aromatic rings. The molecule has 0 aromatic heterocycles. The van der Waals surface area contributed by atoms with Gasteiger partial charge in [-0.25, -0.2) is 0 Å². The minimum absolute atomic E-state index is 0.0918. The van der Waals surface area contributed by atoms with Gasteiger partial charge in [0.25, 0.3) is 5.91 Å². The van der Waals surface area contributed by atoms with Crippen molar-refractivity contribution in [2.24, 2.45) is 0 Å². The average molecular weight is 284 g/mol. The van der Waals surface area contributed by atoms with Crippen molar-refractivity contribution in [3.8, 4) is 17.6 Å². The normalized spacial score (nSPS) is 11.6. The standard InChI is InChI=1S/C13H14F2N2O3/c1-3-9(7-16)17-12(18)8-4-5-10(19-2)11(6-8)20-13(14)15/h4-6,9,13H,3H2,1-2H3,(H,17,18). The number of ether oxygens (including phenoxy) is 2. The van der Waals surface area contributed by atoms with Crippen LogP contribution >= 0.6 is 0 Å². The zero-order valence-electron chi connectivity index (χ0n) is 11.0. The first kappa shape index (κ1) is 15.7. The Hall–Kier alpha value is -2.36. The second-order valence-electron chi connectivity index (χ2n) is 3.81. The first-order valence-corrected chi connectivity index (χ1v) is 5.85. The highest BCUT2D eigenvalue weighted by molar-refractivity contribution is 5.95. The van der Waals surface area contributed by atoms with Crippen molar-refractivity contribution < 1.29 is 23.0 Å². The van der Waals surface area contributed by atoms with Crippen LogP contribution in [0.15, 0.2) is 18.2 Å². The molecule has 0 radical (unpaired) electrons. The van der Waals surface area contributed by atoms with Crippen LogP contribution in [-0.4, -0.2) is 25.7 Å². The molecule has 0 aliphatic rings. The number of nitrogens with zero attached hydrogens (tertiary/aromatic N) is 1. The van der Waals surface area contributed by atoms with E-state index in [1.807, 2.05) is 6.07 Å². The topological polar surface area (TPSA) is 71.4 Å². The van der Waals surface area contributed by atoms with Crippen LogP contribution in [0, 0.1) is 11.3 Å². The van der Waals surface area contributed by atoms with E-state index in [1.165, 1.54) is 19.2 Å². The predicted molar refractivity (Wildman–Crippen MR) is 66.8 cm³/mol. The highest BCUT2D eigenvalue weighted by atomic mass is 19.3. The molecule has 1 atom stereocenters. The van der Waals surface area contributed by atoms with E-state index < -0.39 is 18.6 Å². The SMILES string of the molecule is CCC(C#N)NC(=O)c1ccc(OC)c(OC(F)F)c1. The molecule has 0 saturated carbocycles. The zero-order chi connectivity index (χ0) is 15.1. The van der Waals surface area contributed by atoms with E-state index in [0.29, 0.717) is 6.42 Å². The monoisotopic (exact) mass is 284 g/mol. The zero-order valence-corrected chi connectivity index (χ0v) is 11.0. The molecule has 0 fully saturated rings. The van der Waals surface area contributed by atoms with Gasteiger partial charge in [0.2, 0.25) is 0 Å². The van der Waals surface area contributed by atoms with Crippen molar-refractivity contribution in [1.29, 1.82) is 5.26 Å². The molecule has 0 aliphatic heterocycles. The third-order valence-electron chi connectivity index (χ3n) is 2.51. The number of carbonyl (C=O) groups is 1. The molecule has 0 saturated heterocycles. The van der Waals surface area contributed by atoms with Gasteiger partial charge >= 0.3 is 6.61 Å². The number of nitrogens with one attached hydrogen (secondary N) is 1. The first-order chi connectivity index (χ1) is 9.51. The average Bonchev–Trinajstić information content (AvgIpc) is 2.43. The summed E-state index contributed by atoms with van der Waals surface area (Å²) < 4.78 is 33.7. The Kier molecular flexibility index (Phi) is 5.72. The molecule has 0 bridgehead atoms. The van der Waals surface area contributed by atoms with Crippen LogP contribution < -0.4 is 14.8 Å². The number of halogens is 2. The van der Waals surface area contributed by atoms with E-state index in [-0.39, 0.29) is 17.1 Å². The Balaban J connectivity index is 2.96. The molecule has 1 unspecified atom stereocenters. The van der Waals surface area contributed by atoms with Crippen LogP contribution in [0.4, 0.5) is 8.78 Å². The van der Waals surface area contributed by atoms with Crippen molar-refractivity contribution in [1.82, 2.24) is 5.32 Å². The maximum absolute atomic E-state index is 12.3. The minimum atomic E-state index is -3.02. The molecule has 108 valence electrons. The molecular formula is C13H14F2N2O3. The lowest BCUT2D eigenvalue weighted by atomic mass is 10.1. The molecule has 5 nitrogen and oxygen atoms in total. The van der Waals surface area contributed by atoms with Gasteiger partial charge in [0.05, 0.1) is 13.2 Å². The number of methoxy groups -OCH3 is 1. The van der Waals surface area contributed by atoms with E-state index in [2.05, 4.69) is 10.1 Å². The van der Waals surface area contributed by atoms with E-state index in [1.54, 1.807) is 6.92 Å². The fourth-order valence-corrected chi connectivity index (χ4v) is 1.47. The Morgan fingerprint density at radius 1 is 1.45 bits per heavy atom. The lowest BCUT2D eigenvalue weighted by Crippen LogP contribution is -2.33. The van der Waals surface area contributed by atoms with Gasteiger partial charge in [0.1, 0.15) is 6.04 Å².